The Balaban J connectivity index is 1.78. The lowest BCUT2D eigenvalue weighted by Gasteiger charge is -2.33. The molecule has 0 spiro atoms. The highest BCUT2D eigenvalue weighted by Gasteiger charge is 2.24. The molecule has 1 aliphatic rings. The first-order chi connectivity index (χ1) is 10.7. The van der Waals surface area contributed by atoms with Crippen molar-refractivity contribution >= 4 is 11.6 Å². The fraction of sp³-hybridized carbons (Fsp3) is 0.278. The summed E-state index contributed by atoms with van der Waals surface area (Å²) in [6.07, 6.45) is 0.912. The summed E-state index contributed by atoms with van der Waals surface area (Å²) >= 11 is 0. The van der Waals surface area contributed by atoms with Gasteiger partial charge in [-0.1, -0.05) is 18.2 Å². The van der Waals surface area contributed by atoms with Gasteiger partial charge >= 0.3 is 0 Å². The fourth-order valence-electron chi connectivity index (χ4n) is 2.86. The molecule has 3 rings (SSSR count). The third-order valence-electron chi connectivity index (χ3n) is 4.13. The molecule has 4 nitrogen and oxygen atoms in total. The van der Waals surface area contributed by atoms with Crippen LogP contribution in [0.3, 0.4) is 0 Å². The van der Waals surface area contributed by atoms with Crippen LogP contribution in [0.4, 0.5) is 5.69 Å². The van der Waals surface area contributed by atoms with Crippen molar-refractivity contribution in [1.29, 1.82) is 0 Å². The Labute approximate surface area is 130 Å². The number of ether oxygens (including phenoxy) is 1. The fourth-order valence-corrected chi connectivity index (χ4v) is 2.86. The maximum atomic E-state index is 12.4. The largest absolute Gasteiger partial charge is 0.497 e. The van der Waals surface area contributed by atoms with E-state index in [-0.39, 0.29) is 11.9 Å². The van der Waals surface area contributed by atoms with Gasteiger partial charge in [-0.3, -0.25) is 4.79 Å². The molecule has 0 aromatic heterocycles. The van der Waals surface area contributed by atoms with E-state index in [1.165, 1.54) is 11.3 Å². The summed E-state index contributed by atoms with van der Waals surface area (Å²) in [6.45, 7) is 0.935. The minimum Gasteiger partial charge on any atom is -0.497 e. The van der Waals surface area contributed by atoms with Crippen molar-refractivity contribution in [2.24, 2.45) is 0 Å². The molecule has 0 bridgehead atoms. The molecule has 2 aromatic rings. The molecule has 1 atom stereocenters. The van der Waals surface area contributed by atoms with Crippen LogP contribution in [0.1, 0.15) is 28.4 Å². The van der Waals surface area contributed by atoms with Gasteiger partial charge in [0.1, 0.15) is 5.75 Å². The molecule has 1 N–H and O–H groups in total. The number of amides is 1. The van der Waals surface area contributed by atoms with Crippen molar-refractivity contribution in [1.82, 2.24) is 5.32 Å². The van der Waals surface area contributed by atoms with E-state index >= 15 is 0 Å². The number of benzene rings is 2. The molecule has 0 saturated carbocycles. The Morgan fingerprint density at radius 3 is 2.64 bits per heavy atom. The van der Waals surface area contributed by atoms with Crippen LogP contribution in [0.2, 0.25) is 0 Å². The zero-order valence-electron chi connectivity index (χ0n) is 12.9. The minimum absolute atomic E-state index is 0.0491. The van der Waals surface area contributed by atoms with Gasteiger partial charge in [0.05, 0.1) is 13.2 Å². The van der Waals surface area contributed by atoms with Crippen molar-refractivity contribution in [3.63, 3.8) is 0 Å². The van der Waals surface area contributed by atoms with Gasteiger partial charge in [-0.05, 0) is 42.3 Å². The quantitative estimate of drug-likeness (QED) is 0.946. The van der Waals surface area contributed by atoms with Gasteiger partial charge in [-0.15, -0.1) is 0 Å². The van der Waals surface area contributed by atoms with Crippen LogP contribution in [0.15, 0.2) is 48.5 Å². The maximum absolute atomic E-state index is 12.4. The second kappa shape index (κ2) is 6.10. The Hall–Kier alpha value is -2.49. The van der Waals surface area contributed by atoms with Gasteiger partial charge in [0.2, 0.25) is 0 Å². The number of anilines is 1. The summed E-state index contributed by atoms with van der Waals surface area (Å²) in [5.41, 5.74) is 3.02. The van der Waals surface area contributed by atoms with Crippen LogP contribution in [0, 0.1) is 0 Å². The Morgan fingerprint density at radius 2 is 1.91 bits per heavy atom. The summed E-state index contributed by atoms with van der Waals surface area (Å²) in [6, 6.07) is 15.5. The third kappa shape index (κ3) is 2.77. The van der Waals surface area contributed by atoms with Gasteiger partial charge in [-0.25, -0.2) is 0 Å². The second-order valence-electron chi connectivity index (χ2n) is 5.52. The molecule has 2 aromatic carbocycles. The molecule has 1 heterocycles. The molecule has 1 unspecified atom stereocenters. The summed E-state index contributed by atoms with van der Waals surface area (Å²) in [7, 11) is 3.70. The maximum Gasteiger partial charge on any atom is 0.251 e. The SMILES string of the molecule is COc1ccc(C(=O)NC2CCN(C)c3ccccc32)cc1. The Bertz CT molecular complexity index is 667. The molecular formula is C18H20N2O2. The number of methoxy groups -OCH3 is 1. The van der Waals surface area contributed by atoms with E-state index in [2.05, 4.69) is 29.4 Å². The number of hydrogen-bond donors (Lipinski definition) is 1. The number of nitrogens with zero attached hydrogens (tertiary/aromatic N) is 1. The first kappa shape index (κ1) is 14.4. The summed E-state index contributed by atoms with van der Waals surface area (Å²) in [5, 5.41) is 3.14. The number of hydrogen-bond acceptors (Lipinski definition) is 3. The van der Waals surface area contributed by atoms with Crippen LogP contribution in [0.5, 0.6) is 5.75 Å². The monoisotopic (exact) mass is 296 g/mol. The average molecular weight is 296 g/mol. The number of para-hydroxylation sites is 1. The number of carbonyl (C=O) groups excluding carboxylic acids is 1. The number of fused-ring (bicyclic) bond motifs is 1. The molecule has 1 amide bonds. The highest BCUT2D eigenvalue weighted by molar-refractivity contribution is 5.94. The van der Waals surface area contributed by atoms with E-state index in [4.69, 9.17) is 4.74 Å². The molecule has 0 fully saturated rings. The van der Waals surface area contributed by atoms with E-state index in [1.807, 2.05) is 12.1 Å². The molecule has 4 heteroatoms. The number of carbonyl (C=O) groups is 1. The molecule has 0 saturated heterocycles. The van der Waals surface area contributed by atoms with Crippen LogP contribution in [-0.2, 0) is 0 Å². The van der Waals surface area contributed by atoms with Crippen LogP contribution in [-0.4, -0.2) is 26.6 Å². The number of rotatable bonds is 3. The molecule has 0 aliphatic carbocycles. The average Bonchev–Trinajstić information content (AvgIpc) is 2.57. The standard InChI is InChI=1S/C18H20N2O2/c1-20-12-11-16(15-5-3-4-6-17(15)20)19-18(21)13-7-9-14(22-2)10-8-13/h3-10,16H,11-12H2,1-2H3,(H,19,21). The highest BCUT2D eigenvalue weighted by atomic mass is 16.5. The predicted molar refractivity (Wildman–Crippen MR) is 87.5 cm³/mol. The van der Waals surface area contributed by atoms with Crippen molar-refractivity contribution in [3.8, 4) is 5.75 Å². The molecule has 1 aliphatic heterocycles. The van der Waals surface area contributed by atoms with Crippen molar-refractivity contribution in [3.05, 3.63) is 59.7 Å². The van der Waals surface area contributed by atoms with Crippen LogP contribution in [0.25, 0.3) is 0 Å². The topological polar surface area (TPSA) is 41.6 Å². The highest BCUT2D eigenvalue weighted by Crippen LogP contribution is 2.32. The lowest BCUT2D eigenvalue weighted by molar-refractivity contribution is 0.0934. The van der Waals surface area contributed by atoms with E-state index in [1.54, 1.807) is 31.4 Å². The lowest BCUT2D eigenvalue weighted by Crippen LogP contribution is -2.36. The van der Waals surface area contributed by atoms with Gasteiger partial charge in [0, 0.05) is 24.8 Å². The molecule has 22 heavy (non-hydrogen) atoms. The first-order valence-corrected chi connectivity index (χ1v) is 7.44. The van der Waals surface area contributed by atoms with Gasteiger partial charge in [-0.2, -0.15) is 0 Å². The van der Waals surface area contributed by atoms with E-state index < -0.39 is 0 Å². The Kier molecular flexibility index (Phi) is 4.00. The summed E-state index contributed by atoms with van der Waals surface area (Å²) in [4.78, 5) is 14.7. The minimum atomic E-state index is -0.0491. The van der Waals surface area contributed by atoms with E-state index in [0.29, 0.717) is 5.56 Å². The first-order valence-electron chi connectivity index (χ1n) is 7.44. The molecular weight excluding hydrogens is 276 g/mol. The zero-order valence-corrected chi connectivity index (χ0v) is 12.9. The van der Waals surface area contributed by atoms with Crippen molar-refractivity contribution in [2.45, 2.75) is 12.5 Å². The Morgan fingerprint density at radius 1 is 1.18 bits per heavy atom. The zero-order chi connectivity index (χ0) is 15.5. The smallest absolute Gasteiger partial charge is 0.251 e. The van der Waals surface area contributed by atoms with Crippen LogP contribution >= 0.6 is 0 Å². The van der Waals surface area contributed by atoms with Gasteiger partial charge < -0.3 is 15.0 Å². The lowest BCUT2D eigenvalue weighted by atomic mass is 9.96. The number of nitrogens with one attached hydrogen (secondary N) is 1. The van der Waals surface area contributed by atoms with Crippen molar-refractivity contribution in [2.75, 3.05) is 25.6 Å². The molecule has 0 radical (unpaired) electrons. The normalized spacial score (nSPS) is 16.8. The van der Waals surface area contributed by atoms with Gasteiger partial charge in [0.25, 0.3) is 5.91 Å². The van der Waals surface area contributed by atoms with Crippen LogP contribution < -0.4 is 15.0 Å². The summed E-state index contributed by atoms with van der Waals surface area (Å²) < 4.78 is 5.12. The van der Waals surface area contributed by atoms with E-state index in [9.17, 15) is 4.79 Å². The summed E-state index contributed by atoms with van der Waals surface area (Å²) in [5.74, 6) is 0.702. The molecule has 114 valence electrons. The van der Waals surface area contributed by atoms with E-state index in [0.717, 1.165) is 18.7 Å². The second-order valence-corrected chi connectivity index (χ2v) is 5.52. The predicted octanol–water partition coefficient (Wildman–Crippen LogP) is 3.01. The third-order valence-corrected chi connectivity index (χ3v) is 4.13. The van der Waals surface area contributed by atoms with Crippen molar-refractivity contribution < 1.29 is 9.53 Å². The van der Waals surface area contributed by atoms with Gasteiger partial charge in [0.15, 0.2) is 0 Å².